The molecule has 4 heteroatoms. The van der Waals surface area contributed by atoms with Gasteiger partial charge in [0.15, 0.2) is 0 Å². The van der Waals surface area contributed by atoms with Gasteiger partial charge in [0, 0.05) is 30.3 Å². The lowest BCUT2D eigenvalue weighted by Gasteiger charge is -2.27. The van der Waals surface area contributed by atoms with Crippen LogP contribution in [0.4, 0.5) is 0 Å². The SMILES string of the molecule is CN(CC[S@@](=O)c1ccccc1)C[C@H]1CCCCO1. The molecule has 0 bridgehead atoms. The highest BCUT2D eigenvalue weighted by Gasteiger charge is 2.16. The molecule has 0 spiro atoms. The van der Waals surface area contributed by atoms with E-state index in [0.29, 0.717) is 11.9 Å². The maximum Gasteiger partial charge on any atom is 0.0701 e. The summed E-state index contributed by atoms with van der Waals surface area (Å²) >= 11 is 0. The minimum absolute atomic E-state index is 0.365. The smallest absolute Gasteiger partial charge is 0.0701 e. The first-order valence-corrected chi connectivity index (χ1v) is 8.31. The highest BCUT2D eigenvalue weighted by Crippen LogP contribution is 2.13. The van der Waals surface area contributed by atoms with E-state index in [-0.39, 0.29) is 0 Å². The Morgan fingerprint density at radius 3 is 2.79 bits per heavy atom. The van der Waals surface area contributed by atoms with Gasteiger partial charge in [0.1, 0.15) is 0 Å². The first-order valence-electron chi connectivity index (χ1n) is 6.99. The van der Waals surface area contributed by atoms with Gasteiger partial charge < -0.3 is 9.64 Å². The Hall–Kier alpha value is -0.710. The largest absolute Gasteiger partial charge is 0.377 e. The molecular weight excluding hydrogens is 258 g/mol. The minimum atomic E-state index is -0.893. The molecule has 1 heterocycles. The fourth-order valence-electron chi connectivity index (χ4n) is 2.32. The van der Waals surface area contributed by atoms with Crippen molar-refractivity contribution in [1.29, 1.82) is 0 Å². The average Bonchev–Trinajstić information content (AvgIpc) is 2.47. The molecular formula is C15H23NO2S. The van der Waals surface area contributed by atoms with E-state index >= 15 is 0 Å². The van der Waals surface area contributed by atoms with Crippen LogP contribution >= 0.6 is 0 Å². The second kappa shape index (κ2) is 7.78. The summed E-state index contributed by atoms with van der Waals surface area (Å²) in [4.78, 5) is 3.15. The summed E-state index contributed by atoms with van der Waals surface area (Å²) in [6.07, 6.45) is 3.99. The van der Waals surface area contributed by atoms with E-state index in [1.54, 1.807) is 0 Å². The molecule has 1 aliphatic heterocycles. The number of nitrogens with zero attached hydrogens (tertiary/aromatic N) is 1. The molecule has 1 aromatic rings. The fraction of sp³-hybridized carbons (Fsp3) is 0.600. The van der Waals surface area contributed by atoms with Gasteiger partial charge in [0.25, 0.3) is 0 Å². The summed E-state index contributed by atoms with van der Waals surface area (Å²) in [6.45, 7) is 2.70. The van der Waals surface area contributed by atoms with Crippen LogP contribution in [0.3, 0.4) is 0 Å². The normalized spacial score (nSPS) is 21.5. The maximum absolute atomic E-state index is 12.1. The summed E-state index contributed by atoms with van der Waals surface area (Å²) in [6, 6.07) is 9.69. The lowest BCUT2D eigenvalue weighted by atomic mass is 10.1. The predicted octanol–water partition coefficient (Wildman–Crippen LogP) is 2.30. The summed E-state index contributed by atoms with van der Waals surface area (Å²) in [5, 5.41) is 0. The van der Waals surface area contributed by atoms with Crippen LogP contribution in [0, 0.1) is 0 Å². The third kappa shape index (κ3) is 5.05. The fourth-order valence-corrected chi connectivity index (χ4v) is 3.49. The van der Waals surface area contributed by atoms with E-state index in [0.717, 1.165) is 31.0 Å². The van der Waals surface area contributed by atoms with Gasteiger partial charge in [-0.1, -0.05) is 18.2 Å². The van der Waals surface area contributed by atoms with E-state index in [1.165, 1.54) is 12.8 Å². The van der Waals surface area contributed by atoms with Gasteiger partial charge in [-0.15, -0.1) is 0 Å². The van der Waals surface area contributed by atoms with Crippen LogP contribution in [0.15, 0.2) is 35.2 Å². The third-order valence-electron chi connectivity index (χ3n) is 3.45. The summed E-state index contributed by atoms with van der Waals surface area (Å²) in [7, 11) is 1.19. The van der Waals surface area contributed by atoms with Crippen LogP contribution in [0.25, 0.3) is 0 Å². The summed E-state index contributed by atoms with van der Waals surface area (Å²) < 4.78 is 17.8. The molecule has 2 rings (SSSR count). The number of hydrogen-bond donors (Lipinski definition) is 0. The quantitative estimate of drug-likeness (QED) is 0.801. The Morgan fingerprint density at radius 1 is 1.32 bits per heavy atom. The summed E-state index contributed by atoms with van der Waals surface area (Å²) in [5.41, 5.74) is 0. The van der Waals surface area contributed by atoms with Gasteiger partial charge >= 0.3 is 0 Å². The van der Waals surface area contributed by atoms with Gasteiger partial charge in [-0.25, -0.2) is 0 Å². The van der Waals surface area contributed by atoms with Gasteiger partial charge in [0.2, 0.25) is 0 Å². The molecule has 1 saturated heterocycles. The molecule has 1 aliphatic rings. The van der Waals surface area contributed by atoms with Gasteiger partial charge in [0.05, 0.1) is 16.9 Å². The van der Waals surface area contributed by atoms with Crippen molar-refractivity contribution < 1.29 is 8.95 Å². The first-order chi connectivity index (χ1) is 9.25. The van der Waals surface area contributed by atoms with Crippen LogP contribution in [0.2, 0.25) is 0 Å². The topological polar surface area (TPSA) is 29.5 Å². The van der Waals surface area contributed by atoms with Gasteiger partial charge in [-0.2, -0.15) is 0 Å². The highest BCUT2D eigenvalue weighted by atomic mass is 32.2. The lowest BCUT2D eigenvalue weighted by Crippen LogP contribution is -2.35. The van der Waals surface area contributed by atoms with Crippen LogP contribution in [-0.2, 0) is 15.5 Å². The molecule has 2 atom stereocenters. The molecule has 0 saturated carbocycles. The minimum Gasteiger partial charge on any atom is -0.377 e. The highest BCUT2D eigenvalue weighted by molar-refractivity contribution is 7.85. The van der Waals surface area contributed by atoms with E-state index in [2.05, 4.69) is 11.9 Å². The zero-order valence-electron chi connectivity index (χ0n) is 11.6. The van der Waals surface area contributed by atoms with Crippen molar-refractivity contribution in [1.82, 2.24) is 4.90 Å². The lowest BCUT2D eigenvalue weighted by molar-refractivity contribution is -0.000543. The number of likely N-dealkylation sites (N-methyl/N-ethyl adjacent to an activating group) is 1. The van der Waals surface area contributed by atoms with E-state index in [4.69, 9.17) is 4.74 Å². The zero-order chi connectivity index (χ0) is 13.5. The Morgan fingerprint density at radius 2 is 2.11 bits per heavy atom. The third-order valence-corrected chi connectivity index (χ3v) is 4.81. The van der Waals surface area contributed by atoms with Gasteiger partial charge in [-0.3, -0.25) is 4.21 Å². The van der Waals surface area contributed by atoms with Crippen molar-refractivity contribution in [2.45, 2.75) is 30.3 Å². The molecule has 1 aromatic carbocycles. The Kier molecular flexibility index (Phi) is 6.01. The van der Waals surface area contributed by atoms with Crippen molar-refractivity contribution >= 4 is 10.8 Å². The molecule has 0 aliphatic carbocycles. The van der Waals surface area contributed by atoms with Crippen LogP contribution in [0.1, 0.15) is 19.3 Å². The predicted molar refractivity (Wildman–Crippen MR) is 78.8 cm³/mol. The second-order valence-electron chi connectivity index (χ2n) is 5.11. The van der Waals surface area contributed by atoms with Crippen molar-refractivity contribution in [2.75, 3.05) is 32.5 Å². The zero-order valence-corrected chi connectivity index (χ0v) is 12.4. The molecule has 0 amide bonds. The van der Waals surface area contributed by atoms with Crippen molar-refractivity contribution in [2.24, 2.45) is 0 Å². The molecule has 0 N–H and O–H groups in total. The standard InChI is InChI=1S/C15H23NO2S/c1-16(13-14-7-5-6-11-18-14)10-12-19(17)15-8-3-2-4-9-15/h2-4,8-9,14H,5-7,10-13H2,1H3/t14-,19-/m1/s1. The molecule has 106 valence electrons. The maximum atomic E-state index is 12.1. The molecule has 19 heavy (non-hydrogen) atoms. The van der Waals surface area contributed by atoms with E-state index in [1.807, 2.05) is 30.3 Å². The first kappa shape index (κ1) is 14.7. The monoisotopic (exact) mass is 281 g/mol. The van der Waals surface area contributed by atoms with Gasteiger partial charge in [-0.05, 0) is 38.4 Å². The molecule has 0 radical (unpaired) electrons. The number of benzene rings is 1. The Labute approximate surface area is 118 Å². The summed E-state index contributed by atoms with van der Waals surface area (Å²) in [5.74, 6) is 0.688. The van der Waals surface area contributed by atoms with Crippen molar-refractivity contribution in [3.05, 3.63) is 30.3 Å². The molecule has 1 fully saturated rings. The number of ether oxygens (including phenoxy) is 1. The number of rotatable bonds is 6. The van der Waals surface area contributed by atoms with Crippen LogP contribution in [0.5, 0.6) is 0 Å². The average molecular weight is 281 g/mol. The van der Waals surface area contributed by atoms with E-state index in [9.17, 15) is 4.21 Å². The van der Waals surface area contributed by atoms with E-state index < -0.39 is 10.8 Å². The Balaban J connectivity index is 1.71. The van der Waals surface area contributed by atoms with Crippen LogP contribution < -0.4 is 0 Å². The number of hydrogen-bond acceptors (Lipinski definition) is 3. The van der Waals surface area contributed by atoms with Crippen molar-refractivity contribution in [3.63, 3.8) is 0 Å². The Bertz CT molecular complexity index is 390. The second-order valence-corrected chi connectivity index (χ2v) is 6.68. The molecule has 0 aromatic heterocycles. The van der Waals surface area contributed by atoms with Crippen molar-refractivity contribution in [3.8, 4) is 0 Å². The molecule has 3 nitrogen and oxygen atoms in total. The molecule has 0 unspecified atom stereocenters. The van der Waals surface area contributed by atoms with Crippen LogP contribution in [-0.4, -0.2) is 47.7 Å².